The van der Waals surface area contributed by atoms with Crippen molar-refractivity contribution in [1.82, 2.24) is 0 Å². The fourth-order valence-corrected chi connectivity index (χ4v) is 3.87. The van der Waals surface area contributed by atoms with Crippen LogP contribution in [0, 0.1) is 13.8 Å². The van der Waals surface area contributed by atoms with E-state index in [0.717, 1.165) is 9.75 Å². The van der Waals surface area contributed by atoms with Crippen LogP contribution >= 0.6 is 22.7 Å². The quantitative estimate of drug-likeness (QED) is 0.612. The van der Waals surface area contributed by atoms with Crippen LogP contribution < -0.4 is 0 Å². The molecule has 16 heavy (non-hydrogen) atoms. The van der Waals surface area contributed by atoms with E-state index in [1.165, 1.54) is 22.7 Å². The Balaban J connectivity index is 2.32. The van der Waals surface area contributed by atoms with Gasteiger partial charge in [-0.25, -0.2) is 0 Å². The second-order valence-electron chi connectivity index (χ2n) is 3.86. The predicted octanol–water partition coefficient (Wildman–Crippen LogP) is 3.20. The lowest BCUT2D eigenvalue weighted by Gasteiger charge is -2.08. The maximum atomic E-state index is 12.1. The summed E-state index contributed by atoms with van der Waals surface area (Å²) in [4.78, 5) is 27.5. The van der Waals surface area contributed by atoms with Crippen LogP contribution in [0.15, 0.2) is 12.1 Å². The summed E-state index contributed by atoms with van der Waals surface area (Å²) in [6, 6.07) is 3.64. The number of fused-ring (bicyclic) bond motifs is 2. The molecule has 1 aliphatic carbocycles. The molecular weight excluding hydrogens is 240 g/mol. The highest BCUT2D eigenvalue weighted by Gasteiger charge is 2.33. The van der Waals surface area contributed by atoms with Crippen molar-refractivity contribution in [3.05, 3.63) is 42.8 Å². The van der Waals surface area contributed by atoms with E-state index in [1.807, 2.05) is 26.0 Å². The lowest BCUT2D eigenvalue weighted by Crippen LogP contribution is -2.15. The molecule has 2 nitrogen and oxygen atoms in total. The fraction of sp³-hybridized carbons (Fsp3) is 0.167. The third-order valence-corrected chi connectivity index (χ3v) is 4.71. The molecule has 4 heteroatoms. The van der Waals surface area contributed by atoms with Crippen LogP contribution in [-0.2, 0) is 0 Å². The second kappa shape index (κ2) is 3.12. The number of rotatable bonds is 0. The number of carbonyl (C=O) groups excluding carboxylic acids is 2. The summed E-state index contributed by atoms with van der Waals surface area (Å²) in [6.07, 6.45) is 0. The maximum absolute atomic E-state index is 12.1. The lowest BCUT2D eigenvalue weighted by molar-refractivity contribution is 0.0986. The molecule has 1 aliphatic rings. The molecule has 0 aromatic carbocycles. The van der Waals surface area contributed by atoms with Gasteiger partial charge in [-0.15, -0.1) is 22.7 Å². The number of carbonyl (C=O) groups is 2. The van der Waals surface area contributed by atoms with Crippen LogP contribution in [-0.4, -0.2) is 11.6 Å². The molecule has 0 aliphatic heterocycles. The molecule has 80 valence electrons. The molecule has 0 saturated carbocycles. The van der Waals surface area contributed by atoms with Crippen molar-refractivity contribution in [2.24, 2.45) is 0 Å². The molecule has 0 saturated heterocycles. The Hall–Kier alpha value is -1.26. The lowest BCUT2D eigenvalue weighted by atomic mass is 9.96. The van der Waals surface area contributed by atoms with E-state index in [9.17, 15) is 9.59 Å². The van der Waals surface area contributed by atoms with Crippen molar-refractivity contribution in [1.29, 1.82) is 0 Å². The molecule has 3 rings (SSSR count). The Morgan fingerprint density at radius 2 is 1.19 bits per heavy atom. The molecule has 0 radical (unpaired) electrons. The van der Waals surface area contributed by atoms with Gasteiger partial charge in [-0.05, 0) is 26.0 Å². The SMILES string of the molecule is Cc1cc2c(s1)C(=O)c1cc(C)sc1C2=O. The number of thiophene rings is 2. The van der Waals surface area contributed by atoms with Crippen LogP contribution in [0.4, 0.5) is 0 Å². The predicted molar refractivity (Wildman–Crippen MR) is 65.0 cm³/mol. The first-order chi connectivity index (χ1) is 7.58. The topological polar surface area (TPSA) is 34.1 Å². The van der Waals surface area contributed by atoms with Crippen LogP contribution in [0.25, 0.3) is 0 Å². The zero-order valence-electron chi connectivity index (χ0n) is 8.79. The average Bonchev–Trinajstić information content (AvgIpc) is 2.78. The van der Waals surface area contributed by atoms with Gasteiger partial charge in [0, 0.05) is 20.9 Å². The Labute approximate surface area is 101 Å². The number of aryl methyl sites for hydroxylation is 2. The van der Waals surface area contributed by atoms with Gasteiger partial charge in [-0.2, -0.15) is 0 Å². The monoisotopic (exact) mass is 248 g/mol. The van der Waals surface area contributed by atoms with Crippen molar-refractivity contribution in [3.8, 4) is 0 Å². The second-order valence-corrected chi connectivity index (χ2v) is 6.37. The van der Waals surface area contributed by atoms with E-state index in [2.05, 4.69) is 0 Å². The Morgan fingerprint density at radius 1 is 0.812 bits per heavy atom. The average molecular weight is 248 g/mol. The van der Waals surface area contributed by atoms with E-state index in [1.54, 1.807) is 0 Å². The summed E-state index contributed by atoms with van der Waals surface area (Å²) < 4.78 is 0. The third-order valence-electron chi connectivity index (χ3n) is 2.61. The van der Waals surface area contributed by atoms with Crippen molar-refractivity contribution in [2.45, 2.75) is 13.8 Å². The first kappa shape index (κ1) is 9.93. The molecule has 0 amide bonds. The molecule has 0 N–H and O–H groups in total. The zero-order valence-corrected chi connectivity index (χ0v) is 10.4. The molecule has 2 heterocycles. The van der Waals surface area contributed by atoms with Gasteiger partial charge in [0.2, 0.25) is 11.6 Å². The minimum Gasteiger partial charge on any atom is -0.288 e. The number of hydrogen-bond acceptors (Lipinski definition) is 4. The largest absolute Gasteiger partial charge is 0.288 e. The molecule has 0 atom stereocenters. The van der Waals surface area contributed by atoms with Gasteiger partial charge in [0.25, 0.3) is 0 Å². The molecular formula is C12H8O2S2. The van der Waals surface area contributed by atoms with Crippen LogP contribution in [0.2, 0.25) is 0 Å². The van der Waals surface area contributed by atoms with Crippen molar-refractivity contribution < 1.29 is 9.59 Å². The van der Waals surface area contributed by atoms with Crippen LogP contribution in [0.1, 0.15) is 40.2 Å². The molecule has 0 unspecified atom stereocenters. The highest BCUT2D eigenvalue weighted by atomic mass is 32.1. The number of hydrogen-bond donors (Lipinski definition) is 0. The van der Waals surface area contributed by atoms with Crippen LogP contribution in [0.5, 0.6) is 0 Å². The van der Waals surface area contributed by atoms with Crippen molar-refractivity contribution in [2.75, 3.05) is 0 Å². The van der Waals surface area contributed by atoms with Gasteiger partial charge in [0.15, 0.2) is 0 Å². The summed E-state index contributed by atoms with van der Waals surface area (Å²) in [7, 11) is 0. The molecule has 0 spiro atoms. The summed E-state index contributed by atoms with van der Waals surface area (Å²) >= 11 is 2.82. The van der Waals surface area contributed by atoms with Gasteiger partial charge >= 0.3 is 0 Å². The van der Waals surface area contributed by atoms with Crippen molar-refractivity contribution in [3.63, 3.8) is 0 Å². The van der Waals surface area contributed by atoms with Gasteiger partial charge in [-0.3, -0.25) is 9.59 Å². The molecule has 2 aromatic heterocycles. The standard InChI is InChI=1S/C12H8O2S2/c1-5-3-7-9(13)12-8(4-6(2)16-12)10(14)11(7)15-5/h3-4H,1-2H3. The summed E-state index contributed by atoms with van der Waals surface area (Å²) in [6.45, 7) is 3.84. The highest BCUT2D eigenvalue weighted by Crippen LogP contribution is 2.36. The first-order valence-corrected chi connectivity index (χ1v) is 6.51. The third kappa shape index (κ3) is 1.17. The molecule has 0 fully saturated rings. The first-order valence-electron chi connectivity index (χ1n) is 4.88. The maximum Gasteiger partial charge on any atom is 0.205 e. The van der Waals surface area contributed by atoms with E-state index in [4.69, 9.17) is 0 Å². The Kier molecular flexibility index (Phi) is 1.94. The van der Waals surface area contributed by atoms with Crippen molar-refractivity contribution >= 4 is 34.2 Å². The van der Waals surface area contributed by atoms with Gasteiger partial charge in [0.1, 0.15) is 0 Å². The van der Waals surface area contributed by atoms with Gasteiger partial charge < -0.3 is 0 Å². The minimum absolute atomic E-state index is 0.00653. The zero-order chi connectivity index (χ0) is 11.4. The summed E-state index contributed by atoms with van der Waals surface area (Å²) in [5, 5.41) is 0. The van der Waals surface area contributed by atoms with Gasteiger partial charge in [-0.1, -0.05) is 0 Å². The Morgan fingerprint density at radius 3 is 1.56 bits per heavy atom. The normalized spacial score (nSPS) is 13.9. The number of ketones is 2. The Bertz CT molecular complexity index is 528. The van der Waals surface area contributed by atoms with Gasteiger partial charge in [0.05, 0.1) is 9.75 Å². The molecule has 2 aromatic rings. The van der Waals surface area contributed by atoms with E-state index < -0.39 is 0 Å². The summed E-state index contributed by atoms with van der Waals surface area (Å²) in [5.74, 6) is 0.0131. The molecule has 0 bridgehead atoms. The van der Waals surface area contributed by atoms with E-state index in [-0.39, 0.29) is 11.6 Å². The van der Waals surface area contributed by atoms with E-state index >= 15 is 0 Å². The van der Waals surface area contributed by atoms with Crippen LogP contribution in [0.3, 0.4) is 0 Å². The van der Waals surface area contributed by atoms with E-state index in [0.29, 0.717) is 20.9 Å². The smallest absolute Gasteiger partial charge is 0.205 e. The minimum atomic E-state index is 0.00653. The highest BCUT2D eigenvalue weighted by molar-refractivity contribution is 7.17. The summed E-state index contributed by atoms with van der Waals surface area (Å²) in [5.41, 5.74) is 1.17. The fourth-order valence-electron chi connectivity index (χ4n) is 1.95.